The van der Waals surface area contributed by atoms with Crippen molar-refractivity contribution in [3.8, 4) is 5.75 Å². The summed E-state index contributed by atoms with van der Waals surface area (Å²) in [6.45, 7) is 7.48. The predicted octanol–water partition coefficient (Wildman–Crippen LogP) is 3.14. The van der Waals surface area contributed by atoms with Crippen molar-refractivity contribution in [3.05, 3.63) is 29.3 Å². The Kier molecular flexibility index (Phi) is 5.50. The lowest BCUT2D eigenvalue weighted by Crippen LogP contribution is -2.44. The molecule has 25 heavy (non-hydrogen) atoms. The van der Waals surface area contributed by atoms with E-state index in [0.717, 1.165) is 6.42 Å². The Labute approximate surface area is 148 Å². The molecule has 6 nitrogen and oxygen atoms in total. The lowest BCUT2D eigenvalue weighted by Gasteiger charge is -2.23. The molecule has 1 N–H and O–H groups in total. The summed E-state index contributed by atoms with van der Waals surface area (Å²) in [6.07, 6.45) is 1.44. The van der Waals surface area contributed by atoms with Crippen molar-refractivity contribution in [2.24, 2.45) is 5.92 Å². The number of imide groups is 1. The van der Waals surface area contributed by atoms with Crippen LogP contribution < -0.4 is 10.1 Å². The summed E-state index contributed by atoms with van der Waals surface area (Å²) in [5.74, 6) is 0.667. The van der Waals surface area contributed by atoms with E-state index >= 15 is 0 Å². The first-order valence-corrected chi connectivity index (χ1v) is 8.50. The fourth-order valence-electron chi connectivity index (χ4n) is 2.93. The molecular weight excluding hydrogens is 320 g/mol. The summed E-state index contributed by atoms with van der Waals surface area (Å²) >= 11 is 0. The van der Waals surface area contributed by atoms with Crippen molar-refractivity contribution in [2.45, 2.75) is 52.6 Å². The normalized spacial score (nSPS) is 20.2. The molecule has 0 spiro atoms. The number of carbonyl (C=O) groups excluding carboxylic acids is 3. The first-order valence-electron chi connectivity index (χ1n) is 8.50. The van der Waals surface area contributed by atoms with Gasteiger partial charge in [0.1, 0.15) is 11.3 Å². The van der Waals surface area contributed by atoms with E-state index in [-0.39, 0.29) is 18.2 Å². The van der Waals surface area contributed by atoms with Crippen LogP contribution in [0.1, 0.15) is 56.5 Å². The number of nitrogens with one attached hydrogen (secondary N) is 1. The number of nitrogens with zero attached hydrogens (tertiary/aromatic N) is 1. The van der Waals surface area contributed by atoms with Gasteiger partial charge in [0.05, 0.1) is 13.7 Å². The third-order valence-electron chi connectivity index (χ3n) is 4.58. The summed E-state index contributed by atoms with van der Waals surface area (Å²) in [7, 11) is 1.52. The van der Waals surface area contributed by atoms with Crippen LogP contribution in [0, 0.1) is 5.92 Å². The van der Waals surface area contributed by atoms with Crippen LogP contribution in [-0.4, -0.2) is 35.3 Å². The van der Waals surface area contributed by atoms with Gasteiger partial charge < -0.3 is 10.1 Å². The second-order valence-corrected chi connectivity index (χ2v) is 7.17. The second kappa shape index (κ2) is 7.25. The van der Waals surface area contributed by atoms with E-state index in [4.69, 9.17) is 4.74 Å². The molecule has 1 heterocycles. The molecule has 0 aromatic heterocycles. The number of ketones is 1. The van der Waals surface area contributed by atoms with Gasteiger partial charge in [0.15, 0.2) is 5.78 Å². The van der Waals surface area contributed by atoms with Gasteiger partial charge in [-0.1, -0.05) is 13.8 Å². The molecule has 0 saturated carbocycles. The number of ether oxygens (including phenoxy) is 1. The van der Waals surface area contributed by atoms with Gasteiger partial charge in [-0.15, -0.1) is 0 Å². The van der Waals surface area contributed by atoms with Crippen LogP contribution in [0.5, 0.6) is 5.75 Å². The number of hydrogen-bond acceptors (Lipinski definition) is 4. The highest BCUT2D eigenvalue weighted by Crippen LogP contribution is 2.28. The zero-order chi connectivity index (χ0) is 18.8. The highest BCUT2D eigenvalue weighted by atomic mass is 16.5. The molecule has 3 amide bonds. The van der Waals surface area contributed by atoms with Crippen molar-refractivity contribution in [2.75, 3.05) is 7.11 Å². The number of rotatable bonds is 7. The Morgan fingerprint density at radius 2 is 2.00 bits per heavy atom. The number of urea groups is 1. The Morgan fingerprint density at radius 3 is 2.56 bits per heavy atom. The predicted molar refractivity (Wildman–Crippen MR) is 94.6 cm³/mol. The minimum absolute atomic E-state index is 0.0756. The monoisotopic (exact) mass is 346 g/mol. The Bertz CT molecular complexity index is 699. The first-order chi connectivity index (χ1) is 11.7. The molecule has 1 aliphatic rings. The smallest absolute Gasteiger partial charge is 0.325 e. The number of hydrogen-bond donors (Lipinski definition) is 1. The first kappa shape index (κ1) is 19.0. The van der Waals surface area contributed by atoms with Gasteiger partial charge in [-0.05, 0) is 50.8 Å². The number of benzene rings is 1. The van der Waals surface area contributed by atoms with Gasteiger partial charge in [-0.2, -0.15) is 0 Å². The number of amides is 3. The van der Waals surface area contributed by atoms with E-state index in [2.05, 4.69) is 19.2 Å². The third-order valence-corrected chi connectivity index (χ3v) is 4.58. The molecule has 0 bridgehead atoms. The van der Waals surface area contributed by atoms with Gasteiger partial charge in [-0.3, -0.25) is 14.5 Å². The van der Waals surface area contributed by atoms with E-state index < -0.39 is 11.6 Å². The van der Waals surface area contributed by atoms with E-state index in [1.54, 1.807) is 25.1 Å². The molecular formula is C19H26N2O4. The van der Waals surface area contributed by atoms with Gasteiger partial charge in [-0.25, -0.2) is 4.79 Å². The van der Waals surface area contributed by atoms with Crippen LogP contribution in [-0.2, 0) is 11.3 Å². The van der Waals surface area contributed by atoms with Gasteiger partial charge in [0.2, 0.25) is 0 Å². The van der Waals surface area contributed by atoms with Crippen molar-refractivity contribution in [1.82, 2.24) is 10.2 Å². The highest BCUT2D eigenvalue weighted by molar-refractivity contribution is 6.06. The molecule has 1 aromatic rings. The SMILES string of the molecule is COc1ccc(C(C)=O)cc1CN1C(=O)N[C@@](C)(CCC(C)C)C1=O. The van der Waals surface area contributed by atoms with Gasteiger partial charge in [0.25, 0.3) is 5.91 Å². The molecule has 0 aliphatic carbocycles. The average Bonchev–Trinajstić information content (AvgIpc) is 2.76. The number of methoxy groups -OCH3 is 1. The molecule has 1 aromatic carbocycles. The van der Waals surface area contributed by atoms with Crippen molar-refractivity contribution in [1.29, 1.82) is 0 Å². The van der Waals surface area contributed by atoms with Crippen LogP contribution in [0.4, 0.5) is 4.79 Å². The average molecular weight is 346 g/mol. The quantitative estimate of drug-likeness (QED) is 0.608. The van der Waals surface area contributed by atoms with Crippen LogP contribution >= 0.6 is 0 Å². The minimum atomic E-state index is -0.882. The molecule has 0 unspecified atom stereocenters. The van der Waals surface area contributed by atoms with E-state index in [0.29, 0.717) is 29.2 Å². The van der Waals surface area contributed by atoms with Crippen LogP contribution in [0.25, 0.3) is 0 Å². The van der Waals surface area contributed by atoms with Crippen molar-refractivity contribution >= 4 is 17.7 Å². The molecule has 1 saturated heterocycles. The molecule has 136 valence electrons. The summed E-state index contributed by atoms with van der Waals surface area (Å²) in [5.41, 5.74) is 0.268. The molecule has 2 rings (SSSR count). The lowest BCUT2D eigenvalue weighted by molar-refractivity contribution is -0.131. The standard InChI is InChI=1S/C19H26N2O4/c1-12(2)8-9-19(4)17(23)21(18(24)20-19)11-15-10-14(13(3)22)6-7-16(15)25-5/h6-7,10,12H,8-9,11H2,1-5H3,(H,20,24)/t19-/m0/s1. The minimum Gasteiger partial charge on any atom is -0.496 e. The second-order valence-electron chi connectivity index (χ2n) is 7.17. The van der Waals surface area contributed by atoms with Crippen molar-refractivity contribution < 1.29 is 19.1 Å². The molecule has 1 fully saturated rings. The van der Waals surface area contributed by atoms with Gasteiger partial charge >= 0.3 is 6.03 Å². The lowest BCUT2D eigenvalue weighted by atomic mass is 9.92. The maximum atomic E-state index is 12.8. The Balaban J connectivity index is 2.25. The molecule has 1 atom stereocenters. The summed E-state index contributed by atoms with van der Waals surface area (Å²) in [6, 6.07) is 4.61. The summed E-state index contributed by atoms with van der Waals surface area (Å²) < 4.78 is 5.31. The molecule has 1 aliphatic heterocycles. The van der Waals surface area contributed by atoms with Crippen LogP contribution in [0.2, 0.25) is 0 Å². The Hall–Kier alpha value is -2.37. The fraction of sp³-hybridized carbons (Fsp3) is 0.526. The van der Waals surface area contributed by atoms with E-state index in [1.807, 2.05) is 0 Å². The molecule has 0 radical (unpaired) electrons. The largest absolute Gasteiger partial charge is 0.496 e. The maximum absolute atomic E-state index is 12.8. The topological polar surface area (TPSA) is 75.7 Å². The summed E-state index contributed by atoms with van der Waals surface area (Å²) in [5, 5.41) is 2.81. The highest BCUT2D eigenvalue weighted by Gasteiger charge is 2.47. The van der Waals surface area contributed by atoms with Crippen molar-refractivity contribution in [3.63, 3.8) is 0 Å². The number of Topliss-reactive ketones (excluding diaryl/α,β-unsaturated/α-hetero) is 1. The zero-order valence-corrected chi connectivity index (χ0v) is 15.5. The Morgan fingerprint density at radius 1 is 1.32 bits per heavy atom. The fourth-order valence-corrected chi connectivity index (χ4v) is 2.93. The van der Waals surface area contributed by atoms with E-state index in [1.165, 1.54) is 18.9 Å². The third kappa shape index (κ3) is 4.00. The molecule has 6 heteroatoms. The van der Waals surface area contributed by atoms with E-state index in [9.17, 15) is 14.4 Å². The summed E-state index contributed by atoms with van der Waals surface area (Å²) in [4.78, 5) is 38.0. The van der Waals surface area contributed by atoms with Crippen LogP contribution in [0.3, 0.4) is 0 Å². The zero-order valence-electron chi connectivity index (χ0n) is 15.5. The van der Waals surface area contributed by atoms with Gasteiger partial charge in [0, 0.05) is 11.1 Å². The maximum Gasteiger partial charge on any atom is 0.325 e. The number of carbonyl (C=O) groups is 3. The van der Waals surface area contributed by atoms with Crippen LogP contribution in [0.15, 0.2) is 18.2 Å².